The molecule has 1 aromatic rings. The molecule has 4 atom stereocenters. The summed E-state index contributed by atoms with van der Waals surface area (Å²) < 4.78 is 0. The van der Waals surface area contributed by atoms with Gasteiger partial charge in [-0.2, -0.15) is 0 Å². The molecule has 0 N–H and O–H groups in total. The molecule has 0 spiro atoms. The molecule has 0 aliphatic carbocycles. The van der Waals surface area contributed by atoms with Crippen LogP contribution < -0.4 is 0 Å². The standard InChI is InChI=1S/C16H23NO/c1-11-13(3)17(14(4)12(2)16(11)18)10-15-8-6-5-7-9-15/h5-9,11-14H,10H2,1-4H3/t11-,12-,13+,14+/m0/s1. The first kappa shape index (κ1) is 13.3. The number of likely N-dealkylation sites (tertiary alicyclic amines) is 1. The van der Waals surface area contributed by atoms with Gasteiger partial charge in [-0.15, -0.1) is 0 Å². The minimum Gasteiger partial charge on any atom is -0.299 e. The molecule has 0 amide bonds. The molecule has 0 bridgehead atoms. The van der Waals surface area contributed by atoms with Crippen molar-refractivity contribution in [3.05, 3.63) is 35.9 Å². The molecule has 1 aliphatic heterocycles. The first-order valence-corrected chi connectivity index (χ1v) is 6.85. The molecular weight excluding hydrogens is 222 g/mol. The number of nitrogens with zero attached hydrogens (tertiary/aromatic N) is 1. The summed E-state index contributed by atoms with van der Waals surface area (Å²) in [6.45, 7) is 9.41. The molecule has 1 saturated heterocycles. The van der Waals surface area contributed by atoms with Crippen molar-refractivity contribution in [3.63, 3.8) is 0 Å². The molecule has 1 fully saturated rings. The lowest BCUT2D eigenvalue weighted by atomic mass is 9.80. The average Bonchev–Trinajstić information content (AvgIpc) is 2.40. The normalized spacial score (nSPS) is 33.7. The van der Waals surface area contributed by atoms with Crippen LogP contribution in [0.1, 0.15) is 33.3 Å². The topological polar surface area (TPSA) is 20.3 Å². The van der Waals surface area contributed by atoms with Gasteiger partial charge < -0.3 is 0 Å². The molecule has 1 aliphatic rings. The molecule has 2 nitrogen and oxygen atoms in total. The van der Waals surface area contributed by atoms with Crippen LogP contribution in [-0.4, -0.2) is 22.8 Å². The van der Waals surface area contributed by atoms with Crippen LogP contribution in [0.15, 0.2) is 30.3 Å². The van der Waals surface area contributed by atoms with Gasteiger partial charge in [0.05, 0.1) is 0 Å². The summed E-state index contributed by atoms with van der Waals surface area (Å²) in [4.78, 5) is 14.6. The molecule has 0 aromatic heterocycles. The maximum absolute atomic E-state index is 12.1. The largest absolute Gasteiger partial charge is 0.299 e. The van der Waals surface area contributed by atoms with E-state index in [1.165, 1.54) is 5.56 Å². The van der Waals surface area contributed by atoms with Crippen LogP contribution in [0.5, 0.6) is 0 Å². The predicted molar refractivity (Wildman–Crippen MR) is 74.2 cm³/mol. The third kappa shape index (κ3) is 2.35. The number of hydrogen-bond acceptors (Lipinski definition) is 2. The van der Waals surface area contributed by atoms with E-state index in [1.807, 2.05) is 6.07 Å². The van der Waals surface area contributed by atoms with Crippen LogP contribution in [0.4, 0.5) is 0 Å². The van der Waals surface area contributed by atoms with E-state index in [-0.39, 0.29) is 11.8 Å². The van der Waals surface area contributed by atoms with Crippen molar-refractivity contribution in [3.8, 4) is 0 Å². The van der Waals surface area contributed by atoms with Crippen LogP contribution in [0.25, 0.3) is 0 Å². The Morgan fingerprint density at radius 1 is 0.944 bits per heavy atom. The highest BCUT2D eigenvalue weighted by Crippen LogP contribution is 2.30. The third-order valence-corrected chi connectivity index (χ3v) is 4.60. The van der Waals surface area contributed by atoms with E-state index in [4.69, 9.17) is 0 Å². The van der Waals surface area contributed by atoms with Crippen LogP contribution >= 0.6 is 0 Å². The number of carbonyl (C=O) groups is 1. The van der Waals surface area contributed by atoms with E-state index in [1.54, 1.807) is 0 Å². The highest BCUT2D eigenvalue weighted by molar-refractivity contribution is 5.84. The number of Topliss-reactive ketones (excluding diaryl/α,β-unsaturated/α-hetero) is 1. The van der Waals surface area contributed by atoms with Gasteiger partial charge in [-0.3, -0.25) is 9.69 Å². The van der Waals surface area contributed by atoms with E-state index in [0.29, 0.717) is 17.9 Å². The zero-order chi connectivity index (χ0) is 13.3. The van der Waals surface area contributed by atoms with E-state index >= 15 is 0 Å². The first-order chi connectivity index (χ1) is 8.52. The number of hydrogen-bond donors (Lipinski definition) is 0. The Hall–Kier alpha value is -1.15. The smallest absolute Gasteiger partial charge is 0.141 e. The molecule has 1 heterocycles. The number of piperidine rings is 1. The number of ketones is 1. The van der Waals surface area contributed by atoms with Gasteiger partial charge in [0.1, 0.15) is 5.78 Å². The highest BCUT2D eigenvalue weighted by Gasteiger charge is 2.40. The highest BCUT2D eigenvalue weighted by atomic mass is 16.1. The summed E-state index contributed by atoms with van der Waals surface area (Å²) in [7, 11) is 0. The molecule has 0 unspecified atom stereocenters. The second-order valence-electron chi connectivity index (χ2n) is 5.62. The second-order valence-corrected chi connectivity index (χ2v) is 5.62. The second kappa shape index (κ2) is 5.23. The van der Waals surface area contributed by atoms with Crippen molar-refractivity contribution in [2.24, 2.45) is 11.8 Å². The van der Waals surface area contributed by atoms with Crippen molar-refractivity contribution < 1.29 is 4.79 Å². The van der Waals surface area contributed by atoms with Crippen LogP contribution in [0.3, 0.4) is 0 Å². The Balaban J connectivity index is 2.18. The SMILES string of the molecule is C[C@@H]1C(=O)[C@@H](C)[C@@H](C)N(Cc2ccccc2)[C@@H]1C. The van der Waals surface area contributed by atoms with Crippen molar-refractivity contribution in [2.45, 2.75) is 46.3 Å². The molecular formula is C16H23NO. The Morgan fingerprint density at radius 2 is 1.44 bits per heavy atom. The van der Waals surface area contributed by atoms with Crippen molar-refractivity contribution >= 4 is 5.78 Å². The van der Waals surface area contributed by atoms with E-state index in [9.17, 15) is 4.79 Å². The Kier molecular flexibility index (Phi) is 3.86. The summed E-state index contributed by atoms with van der Waals surface area (Å²) in [5.74, 6) is 0.694. The first-order valence-electron chi connectivity index (χ1n) is 6.85. The summed E-state index contributed by atoms with van der Waals surface area (Å²) >= 11 is 0. The molecule has 2 rings (SSSR count). The molecule has 0 saturated carbocycles. The molecule has 98 valence electrons. The van der Waals surface area contributed by atoms with Crippen molar-refractivity contribution in [1.29, 1.82) is 0 Å². The third-order valence-electron chi connectivity index (χ3n) is 4.60. The molecule has 2 heteroatoms. The van der Waals surface area contributed by atoms with E-state index < -0.39 is 0 Å². The zero-order valence-electron chi connectivity index (χ0n) is 11.8. The lowest BCUT2D eigenvalue weighted by Crippen LogP contribution is -2.55. The van der Waals surface area contributed by atoms with Crippen LogP contribution in [-0.2, 0) is 11.3 Å². The van der Waals surface area contributed by atoms with Gasteiger partial charge in [0.25, 0.3) is 0 Å². The number of rotatable bonds is 2. The van der Waals surface area contributed by atoms with Gasteiger partial charge >= 0.3 is 0 Å². The quantitative estimate of drug-likeness (QED) is 0.798. The number of benzene rings is 1. The van der Waals surface area contributed by atoms with E-state index in [2.05, 4.69) is 56.9 Å². The Morgan fingerprint density at radius 3 is 1.94 bits per heavy atom. The zero-order valence-corrected chi connectivity index (χ0v) is 11.8. The lowest BCUT2D eigenvalue weighted by molar-refractivity contribution is -0.136. The van der Waals surface area contributed by atoms with Gasteiger partial charge in [-0.1, -0.05) is 44.2 Å². The van der Waals surface area contributed by atoms with Gasteiger partial charge in [0.2, 0.25) is 0 Å². The van der Waals surface area contributed by atoms with Gasteiger partial charge in [0.15, 0.2) is 0 Å². The number of carbonyl (C=O) groups excluding carboxylic acids is 1. The fourth-order valence-electron chi connectivity index (χ4n) is 2.92. The summed E-state index contributed by atoms with van der Waals surface area (Å²) in [5, 5.41) is 0. The van der Waals surface area contributed by atoms with E-state index in [0.717, 1.165) is 6.54 Å². The monoisotopic (exact) mass is 245 g/mol. The van der Waals surface area contributed by atoms with Crippen LogP contribution in [0.2, 0.25) is 0 Å². The fraction of sp³-hybridized carbons (Fsp3) is 0.562. The minimum absolute atomic E-state index is 0.139. The predicted octanol–water partition coefficient (Wildman–Crippen LogP) is 3.12. The van der Waals surface area contributed by atoms with Gasteiger partial charge in [-0.25, -0.2) is 0 Å². The molecule has 0 radical (unpaired) electrons. The van der Waals surface area contributed by atoms with Crippen molar-refractivity contribution in [2.75, 3.05) is 0 Å². The maximum atomic E-state index is 12.1. The summed E-state index contributed by atoms with van der Waals surface area (Å²) in [6.07, 6.45) is 0. The maximum Gasteiger partial charge on any atom is 0.141 e. The minimum atomic E-state index is 0.139. The van der Waals surface area contributed by atoms with Crippen LogP contribution in [0, 0.1) is 11.8 Å². The van der Waals surface area contributed by atoms with Gasteiger partial charge in [-0.05, 0) is 19.4 Å². The molecule has 1 aromatic carbocycles. The lowest BCUT2D eigenvalue weighted by Gasteiger charge is -2.45. The van der Waals surface area contributed by atoms with Gasteiger partial charge in [0, 0.05) is 30.5 Å². The summed E-state index contributed by atoms with van der Waals surface area (Å²) in [5.41, 5.74) is 1.32. The van der Waals surface area contributed by atoms with Crippen molar-refractivity contribution in [1.82, 2.24) is 4.90 Å². The Labute approximate surface area is 110 Å². The fourth-order valence-corrected chi connectivity index (χ4v) is 2.92. The summed E-state index contributed by atoms with van der Waals surface area (Å²) in [6, 6.07) is 11.2. The Bertz CT molecular complexity index is 396. The average molecular weight is 245 g/mol. The molecule has 18 heavy (non-hydrogen) atoms.